The molecule has 0 aromatic heterocycles. The summed E-state index contributed by atoms with van der Waals surface area (Å²) in [7, 11) is 0. The Morgan fingerprint density at radius 2 is 2.18 bits per heavy atom. The average Bonchev–Trinajstić information content (AvgIpc) is 2.98. The van der Waals surface area contributed by atoms with Gasteiger partial charge >= 0.3 is 0 Å². The number of nitrogens with two attached hydrogens (primary N) is 1. The summed E-state index contributed by atoms with van der Waals surface area (Å²) in [5, 5.41) is 0. The van der Waals surface area contributed by atoms with Crippen LogP contribution in [0, 0.1) is 17.8 Å². The second kappa shape index (κ2) is 6.71. The van der Waals surface area contributed by atoms with Crippen LogP contribution in [0.25, 0.3) is 0 Å². The van der Waals surface area contributed by atoms with Crippen molar-refractivity contribution in [2.24, 2.45) is 23.5 Å². The Bertz CT molecular complexity index is 309. The first kappa shape index (κ1) is 14.1. The van der Waals surface area contributed by atoms with Crippen LogP contribution in [-0.2, 0) is 0 Å². The van der Waals surface area contributed by atoms with Crippen LogP contribution in [0.5, 0.6) is 0 Å². The van der Waals surface area contributed by atoms with Crippen LogP contribution in [-0.4, -0.2) is 0 Å². The Balaban J connectivity index is 2.36. The molecule has 2 N–H and O–H groups in total. The summed E-state index contributed by atoms with van der Waals surface area (Å²) in [4.78, 5) is 0. The molecule has 3 atom stereocenters. The van der Waals surface area contributed by atoms with Gasteiger partial charge in [0, 0.05) is 5.70 Å². The van der Waals surface area contributed by atoms with Crippen LogP contribution in [0.15, 0.2) is 30.2 Å². The summed E-state index contributed by atoms with van der Waals surface area (Å²) in [5.41, 5.74) is 11.0. The van der Waals surface area contributed by atoms with E-state index in [0.29, 0.717) is 5.92 Å². The van der Waals surface area contributed by atoms with Gasteiger partial charge in [-0.15, -0.1) is 5.73 Å². The largest absolute Gasteiger partial charge is 0.403 e. The van der Waals surface area contributed by atoms with E-state index < -0.39 is 0 Å². The second-order valence-electron chi connectivity index (χ2n) is 5.63. The van der Waals surface area contributed by atoms with Crippen molar-refractivity contribution in [3.63, 3.8) is 0 Å². The standard InChI is InChI=1S/C16H27N/c1-5-14(8-7-13(4)17)10-15(6-2)11-16-9-12(16)3/h12,14,16H,2,4-5,7-11,17H2,1,3H3/t12?,14?,16-/m1/s1. The Kier molecular flexibility index (Phi) is 5.58. The zero-order chi connectivity index (χ0) is 12.8. The molecule has 0 aromatic carbocycles. The maximum atomic E-state index is 5.64. The Morgan fingerprint density at radius 3 is 2.59 bits per heavy atom. The topological polar surface area (TPSA) is 26.0 Å². The van der Waals surface area contributed by atoms with E-state index in [1.54, 1.807) is 0 Å². The van der Waals surface area contributed by atoms with Crippen molar-refractivity contribution < 1.29 is 0 Å². The van der Waals surface area contributed by atoms with Crippen LogP contribution >= 0.6 is 0 Å². The molecule has 1 fully saturated rings. The molecular formula is C16H27N. The van der Waals surface area contributed by atoms with Crippen LogP contribution < -0.4 is 5.73 Å². The summed E-state index contributed by atoms with van der Waals surface area (Å²) in [6.07, 6.45) is 7.06. The summed E-state index contributed by atoms with van der Waals surface area (Å²) in [5.74, 6) is 2.54. The summed E-state index contributed by atoms with van der Waals surface area (Å²) in [6, 6.07) is 0. The Hall–Kier alpha value is -0.940. The fourth-order valence-corrected chi connectivity index (χ4v) is 2.42. The SMILES string of the molecule is C=C=C(CC(CC)CCC(=C)N)C[C@H]1CC1C. The van der Waals surface area contributed by atoms with Gasteiger partial charge in [0.25, 0.3) is 0 Å². The van der Waals surface area contributed by atoms with Gasteiger partial charge in [0.05, 0.1) is 0 Å². The Labute approximate surface area is 106 Å². The lowest BCUT2D eigenvalue weighted by Crippen LogP contribution is -2.04. The number of rotatable bonds is 8. The fourth-order valence-electron chi connectivity index (χ4n) is 2.42. The van der Waals surface area contributed by atoms with Crippen LogP contribution in [0.4, 0.5) is 0 Å². The highest BCUT2D eigenvalue weighted by atomic mass is 14.6. The van der Waals surface area contributed by atoms with E-state index in [9.17, 15) is 0 Å². The van der Waals surface area contributed by atoms with Crippen molar-refractivity contribution in [2.45, 2.75) is 52.4 Å². The summed E-state index contributed by atoms with van der Waals surface area (Å²) < 4.78 is 0. The summed E-state index contributed by atoms with van der Waals surface area (Å²) in [6.45, 7) is 12.2. The van der Waals surface area contributed by atoms with E-state index in [2.05, 4.69) is 32.7 Å². The number of hydrogen-bond acceptors (Lipinski definition) is 1. The monoisotopic (exact) mass is 233 g/mol. The maximum Gasteiger partial charge on any atom is 0.000754 e. The fraction of sp³-hybridized carbons (Fsp3) is 0.688. The highest BCUT2D eigenvalue weighted by molar-refractivity contribution is 5.05. The first-order valence-electron chi connectivity index (χ1n) is 6.87. The van der Waals surface area contributed by atoms with Crippen molar-refractivity contribution in [1.82, 2.24) is 0 Å². The third-order valence-electron chi connectivity index (χ3n) is 4.02. The molecule has 17 heavy (non-hydrogen) atoms. The molecule has 1 saturated carbocycles. The Morgan fingerprint density at radius 1 is 1.53 bits per heavy atom. The molecule has 0 radical (unpaired) electrons. The van der Waals surface area contributed by atoms with Crippen LogP contribution in [0.1, 0.15) is 52.4 Å². The van der Waals surface area contributed by atoms with Gasteiger partial charge in [0.15, 0.2) is 0 Å². The number of hydrogen-bond donors (Lipinski definition) is 1. The molecule has 1 aliphatic rings. The van der Waals surface area contributed by atoms with E-state index in [1.165, 1.54) is 24.8 Å². The smallest absolute Gasteiger partial charge is 0.000754 e. The van der Waals surface area contributed by atoms with E-state index in [0.717, 1.165) is 36.8 Å². The van der Waals surface area contributed by atoms with E-state index in [4.69, 9.17) is 5.73 Å². The maximum absolute atomic E-state index is 5.64. The van der Waals surface area contributed by atoms with Gasteiger partial charge in [0.2, 0.25) is 0 Å². The molecule has 0 saturated heterocycles. The van der Waals surface area contributed by atoms with Gasteiger partial charge in [-0.1, -0.05) is 33.4 Å². The van der Waals surface area contributed by atoms with Gasteiger partial charge in [-0.05, 0) is 55.4 Å². The lowest BCUT2D eigenvalue weighted by molar-refractivity contribution is 0.456. The molecule has 0 bridgehead atoms. The van der Waals surface area contributed by atoms with Crippen molar-refractivity contribution in [3.8, 4) is 0 Å². The molecule has 0 aliphatic heterocycles. The molecule has 0 amide bonds. The molecular weight excluding hydrogens is 206 g/mol. The molecule has 2 unspecified atom stereocenters. The summed E-state index contributed by atoms with van der Waals surface area (Å²) >= 11 is 0. The number of allylic oxidation sites excluding steroid dienone is 2. The van der Waals surface area contributed by atoms with Gasteiger partial charge < -0.3 is 5.73 Å². The van der Waals surface area contributed by atoms with Crippen molar-refractivity contribution in [1.29, 1.82) is 0 Å². The first-order valence-corrected chi connectivity index (χ1v) is 6.87. The zero-order valence-corrected chi connectivity index (χ0v) is 11.5. The zero-order valence-electron chi connectivity index (χ0n) is 11.5. The highest BCUT2D eigenvalue weighted by Gasteiger charge is 2.32. The predicted molar refractivity (Wildman–Crippen MR) is 75.5 cm³/mol. The van der Waals surface area contributed by atoms with E-state index in [-0.39, 0.29) is 0 Å². The third-order valence-corrected chi connectivity index (χ3v) is 4.02. The van der Waals surface area contributed by atoms with E-state index in [1.807, 2.05) is 0 Å². The quantitative estimate of drug-likeness (QED) is 0.617. The molecule has 0 aromatic rings. The normalized spacial score (nSPS) is 23.9. The molecule has 1 heteroatoms. The van der Waals surface area contributed by atoms with Gasteiger partial charge in [-0.2, -0.15) is 0 Å². The minimum absolute atomic E-state index is 0.716. The van der Waals surface area contributed by atoms with Crippen LogP contribution in [0.2, 0.25) is 0 Å². The van der Waals surface area contributed by atoms with Crippen molar-refractivity contribution >= 4 is 0 Å². The highest BCUT2D eigenvalue weighted by Crippen LogP contribution is 2.43. The molecule has 0 heterocycles. The first-order chi connectivity index (χ1) is 8.06. The average molecular weight is 233 g/mol. The van der Waals surface area contributed by atoms with Gasteiger partial charge in [0.1, 0.15) is 0 Å². The molecule has 1 rings (SSSR count). The lowest BCUT2D eigenvalue weighted by atomic mass is 9.90. The second-order valence-corrected chi connectivity index (χ2v) is 5.63. The van der Waals surface area contributed by atoms with Crippen LogP contribution in [0.3, 0.4) is 0 Å². The van der Waals surface area contributed by atoms with Gasteiger partial charge in [-0.25, -0.2) is 0 Å². The van der Waals surface area contributed by atoms with Gasteiger partial charge in [-0.3, -0.25) is 0 Å². The predicted octanol–water partition coefficient (Wildman–Crippen LogP) is 4.41. The molecule has 0 spiro atoms. The van der Waals surface area contributed by atoms with Crippen molar-refractivity contribution in [3.05, 3.63) is 30.2 Å². The van der Waals surface area contributed by atoms with Crippen molar-refractivity contribution in [2.75, 3.05) is 0 Å². The molecule has 96 valence electrons. The lowest BCUT2D eigenvalue weighted by Gasteiger charge is -2.16. The molecule has 1 nitrogen and oxygen atoms in total. The molecule has 1 aliphatic carbocycles. The van der Waals surface area contributed by atoms with E-state index >= 15 is 0 Å². The minimum atomic E-state index is 0.716. The minimum Gasteiger partial charge on any atom is -0.403 e. The third kappa shape index (κ3) is 5.28.